The maximum absolute atomic E-state index is 9.32. The van der Waals surface area contributed by atoms with Crippen LogP contribution in [0.4, 0.5) is 0 Å². The van der Waals surface area contributed by atoms with E-state index < -0.39 is 6.10 Å². The van der Waals surface area contributed by atoms with Crippen LogP contribution in [0.25, 0.3) is 0 Å². The summed E-state index contributed by atoms with van der Waals surface area (Å²) in [5.41, 5.74) is 2.42. The highest BCUT2D eigenvalue weighted by Gasteiger charge is 2.09. The van der Waals surface area contributed by atoms with E-state index in [0.717, 1.165) is 0 Å². The molecule has 0 bridgehead atoms. The number of benzene rings is 1. The Hall–Kier alpha value is -1.61. The second-order valence-corrected chi connectivity index (χ2v) is 3.94. The highest BCUT2D eigenvalue weighted by Crippen LogP contribution is 2.17. The van der Waals surface area contributed by atoms with Crippen LogP contribution in [0.1, 0.15) is 35.8 Å². The number of rotatable bonds is 3. The van der Waals surface area contributed by atoms with E-state index in [4.69, 9.17) is 4.42 Å². The molecule has 0 amide bonds. The predicted octanol–water partition coefficient (Wildman–Crippen LogP) is 2.63. The Balaban J connectivity index is 2.18. The van der Waals surface area contributed by atoms with Crippen LogP contribution in [0.5, 0.6) is 0 Å². The van der Waals surface area contributed by atoms with Crippen molar-refractivity contribution in [3.63, 3.8) is 0 Å². The molecule has 0 saturated heterocycles. The normalized spacial score (nSPS) is 12.7. The van der Waals surface area contributed by atoms with E-state index >= 15 is 0 Å². The number of aliphatic hydroxyl groups excluding tert-OH is 1. The summed E-state index contributed by atoms with van der Waals surface area (Å²) in [6.07, 6.45) is 1.65. The Bertz CT molecular complexity index is 474. The van der Waals surface area contributed by atoms with Gasteiger partial charge in [0, 0.05) is 6.42 Å². The highest BCUT2D eigenvalue weighted by atomic mass is 16.4. The summed E-state index contributed by atoms with van der Waals surface area (Å²) >= 11 is 0. The fourth-order valence-electron chi connectivity index (χ4n) is 1.57. The number of aromatic nitrogens is 1. The molecule has 84 valence electrons. The lowest BCUT2D eigenvalue weighted by atomic mass is 10.1. The molecule has 1 heterocycles. The number of nitrogens with zero attached hydrogens (tertiary/aromatic N) is 1. The molecule has 1 unspecified atom stereocenters. The molecule has 0 aliphatic rings. The van der Waals surface area contributed by atoms with Gasteiger partial charge in [0.15, 0.2) is 11.7 Å². The summed E-state index contributed by atoms with van der Waals surface area (Å²) in [7, 11) is 0. The molecule has 2 aromatic rings. The third-order valence-corrected chi connectivity index (χ3v) is 2.59. The maximum atomic E-state index is 9.32. The summed E-state index contributed by atoms with van der Waals surface area (Å²) in [5, 5.41) is 9.32. The lowest BCUT2D eigenvalue weighted by molar-refractivity contribution is 0.167. The van der Waals surface area contributed by atoms with Gasteiger partial charge in [-0.25, -0.2) is 4.98 Å². The summed E-state index contributed by atoms with van der Waals surface area (Å²) in [6, 6.07) is 8.13. The van der Waals surface area contributed by atoms with Crippen molar-refractivity contribution in [2.45, 2.75) is 26.4 Å². The molecule has 0 aliphatic carbocycles. The highest BCUT2D eigenvalue weighted by molar-refractivity contribution is 5.27. The van der Waals surface area contributed by atoms with Crippen LogP contribution in [-0.4, -0.2) is 10.1 Å². The fraction of sp³-hybridized carbons (Fsp3) is 0.308. The number of hydrogen-bond donors (Lipinski definition) is 1. The van der Waals surface area contributed by atoms with Crippen LogP contribution in [-0.2, 0) is 6.42 Å². The fourth-order valence-corrected chi connectivity index (χ4v) is 1.57. The van der Waals surface area contributed by atoms with E-state index in [2.05, 4.69) is 24.0 Å². The zero-order valence-corrected chi connectivity index (χ0v) is 9.47. The quantitative estimate of drug-likeness (QED) is 0.859. The van der Waals surface area contributed by atoms with E-state index in [1.54, 1.807) is 13.1 Å². The zero-order chi connectivity index (χ0) is 11.5. The average Bonchev–Trinajstić information content (AvgIpc) is 2.70. The average molecular weight is 217 g/mol. The molecule has 3 heteroatoms. The Kier molecular flexibility index (Phi) is 3.06. The first-order valence-corrected chi connectivity index (χ1v) is 5.34. The smallest absolute Gasteiger partial charge is 0.198 e. The molecule has 1 atom stereocenters. The van der Waals surface area contributed by atoms with Crippen LogP contribution in [0, 0.1) is 6.92 Å². The van der Waals surface area contributed by atoms with Crippen molar-refractivity contribution >= 4 is 0 Å². The zero-order valence-electron chi connectivity index (χ0n) is 9.47. The molecule has 0 aliphatic heterocycles. The summed E-state index contributed by atoms with van der Waals surface area (Å²) in [5.74, 6) is 1.16. The standard InChI is InChI=1S/C13H15NO2/c1-9-5-3-4-6-11(9)7-13-14-8-12(16-13)10(2)15/h3-6,8,10,15H,7H2,1-2H3. The van der Waals surface area contributed by atoms with Gasteiger partial charge in [0.25, 0.3) is 0 Å². The first-order chi connectivity index (χ1) is 7.66. The van der Waals surface area contributed by atoms with Gasteiger partial charge in [-0.3, -0.25) is 0 Å². The van der Waals surface area contributed by atoms with Crippen LogP contribution < -0.4 is 0 Å². The number of hydrogen-bond acceptors (Lipinski definition) is 3. The number of aryl methyl sites for hydroxylation is 1. The van der Waals surface area contributed by atoms with E-state index in [1.165, 1.54) is 11.1 Å². The second kappa shape index (κ2) is 4.49. The Labute approximate surface area is 94.8 Å². The van der Waals surface area contributed by atoms with Crippen molar-refractivity contribution in [2.75, 3.05) is 0 Å². The minimum Gasteiger partial charge on any atom is -0.443 e. The van der Waals surface area contributed by atoms with Crippen molar-refractivity contribution in [3.8, 4) is 0 Å². The van der Waals surface area contributed by atoms with Gasteiger partial charge in [0.1, 0.15) is 6.10 Å². The van der Waals surface area contributed by atoms with Crippen LogP contribution >= 0.6 is 0 Å². The first-order valence-electron chi connectivity index (χ1n) is 5.34. The van der Waals surface area contributed by atoms with Crippen LogP contribution in [0.2, 0.25) is 0 Å². The monoisotopic (exact) mass is 217 g/mol. The summed E-state index contributed by atoms with van der Waals surface area (Å²) < 4.78 is 5.44. The molecule has 1 N–H and O–H groups in total. The van der Waals surface area contributed by atoms with Crippen molar-refractivity contribution in [2.24, 2.45) is 0 Å². The molecular weight excluding hydrogens is 202 g/mol. The van der Waals surface area contributed by atoms with E-state index in [0.29, 0.717) is 18.1 Å². The molecule has 1 aromatic carbocycles. The van der Waals surface area contributed by atoms with Crippen LogP contribution in [0.15, 0.2) is 34.9 Å². The van der Waals surface area contributed by atoms with Gasteiger partial charge in [-0.15, -0.1) is 0 Å². The number of aliphatic hydroxyl groups is 1. The Morgan fingerprint density at radius 2 is 2.12 bits per heavy atom. The minimum absolute atomic E-state index is 0.517. The molecule has 0 saturated carbocycles. The van der Waals surface area contributed by atoms with Crippen molar-refractivity contribution < 1.29 is 9.52 Å². The third-order valence-electron chi connectivity index (χ3n) is 2.59. The largest absolute Gasteiger partial charge is 0.443 e. The van der Waals surface area contributed by atoms with Gasteiger partial charge in [0.05, 0.1) is 6.20 Å². The molecular formula is C13H15NO2. The van der Waals surface area contributed by atoms with Crippen molar-refractivity contribution in [1.29, 1.82) is 0 Å². The summed E-state index contributed by atoms with van der Waals surface area (Å²) in [6.45, 7) is 3.73. The lowest BCUT2D eigenvalue weighted by Crippen LogP contribution is -1.91. The summed E-state index contributed by atoms with van der Waals surface area (Å²) in [4.78, 5) is 4.15. The Morgan fingerprint density at radius 3 is 2.75 bits per heavy atom. The predicted molar refractivity (Wildman–Crippen MR) is 61.1 cm³/mol. The molecule has 0 radical (unpaired) electrons. The van der Waals surface area contributed by atoms with Crippen molar-refractivity contribution in [3.05, 3.63) is 53.2 Å². The first kappa shape index (κ1) is 10.9. The van der Waals surface area contributed by atoms with Gasteiger partial charge in [-0.2, -0.15) is 0 Å². The Morgan fingerprint density at radius 1 is 1.38 bits per heavy atom. The van der Waals surface area contributed by atoms with Crippen molar-refractivity contribution in [1.82, 2.24) is 4.98 Å². The second-order valence-electron chi connectivity index (χ2n) is 3.94. The lowest BCUT2D eigenvalue weighted by Gasteiger charge is -2.02. The van der Waals surface area contributed by atoms with E-state index in [-0.39, 0.29) is 0 Å². The van der Waals surface area contributed by atoms with Gasteiger partial charge in [0.2, 0.25) is 0 Å². The molecule has 16 heavy (non-hydrogen) atoms. The van der Waals surface area contributed by atoms with Crippen LogP contribution in [0.3, 0.4) is 0 Å². The molecule has 0 fully saturated rings. The van der Waals surface area contributed by atoms with Gasteiger partial charge in [-0.1, -0.05) is 24.3 Å². The molecule has 0 spiro atoms. The molecule has 1 aromatic heterocycles. The van der Waals surface area contributed by atoms with E-state index in [1.807, 2.05) is 12.1 Å². The third kappa shape index (κ3) is 2.31. The van der Waals surface area contributed by atoms with Gasteiger partial charge in [-0.05, 0) is 25.0 Å². The molecule has 3 nitrogen and oxygen atoms in total. The number of oxazole rings is 1. The van der Waals surface area contributed by atoms with Gasteiger partial charge < -0.3 is 9.52 Å². The SMILES string of the molecule is Cc1ccccc1Cc1ncc(C(C)O)o1. The molecule has 2 rings (SSSR count). The minimum atomic E-state index is -0.599. The maximum Gasteiger partial charge on any atom is 0.198 e. The topological polar surface area (TPSA) is 46.3 Å². The van der Waals surface area contributed by atoms with Gasteiger partial charge >= 0.3 is 0 Å². The van der Waals surface area contributed by atoms with E-state index in [9.17, 15) is 5.11 Å².